The van der Waals surface area contributed by atoms with Crippen molar-refractivity contribution in [2.24, 2.45) is 0 Å². The normalized spacial score (nSPS) is 10.8. The molecule has 8 nitrogen and oxygen atoms in total. The van der Waals surface area contributed by atoms with Gasteiger partial charge in [0, 0.05) is 30.7 Å². The Labute approximate surface area is 197 Å². The van der Waals surface area contributed by atoms with E-state index >= 15 is 0 Å². The molecule has 174 valence electrons. The minimum absolute atomic E-state index is 0.157. The SMILES string of the molecule is COc1ccc(CCNC(=O)Cn2nc(Cc3cccnc3)c3ccccc3c2=O)cc1OC. The monoisotopic (exact) mass is 458 g/mol. The van der Waals surface area contributed by atoms with Gasteiger partial charge in [-0.05, 0) is 41.8 Å². The second-order valence-electron chi connectivity index (χ2n) is 7.78. The fraction of sp³-hybridized carbons (Fsp3) is 0.231. The van der Waals surface area contributed by atoms with Crippen molar-refractivity contribution >= 4 is 16.7 Å². The zero-order valence-electron chi connectivity index (χ0n) is 19.2. The van der Waals surface area contributed by atoms with E-state index in [1.54, 1.807) is 32.7 Å². The highest BCUT2D eigenvalue weighted by Gasteiger charge is 2.13. The van der Waals surface area contributed by atoms with Gasteiger partial charge in [-0.2, -0.15) is 5.10 Å². The molecule has 0 aliphatic heterocycles. The van der Waals surface area contributed by atoms with E-state index in [0.29, 0.717) is 36.3 Å². The van der Waals surface area contributed by atoms with Gasteiger partial charge < -0.3 is 14.8 Å². The predicted octanol–water partition coefficient (Wildman–Crippen LogP) is 2.76. The number of hydrogen-bond acceptors (Lipinski definition) is 6. The number of amides is 1. The quantitative estimate of drug-likeness (QED) is 0.414. The maximum Gasteiger partial charge on any atom is 0.275 e. The van der Waals surface area contributed by atoms with Crippen molar-refractivity contribution < 1.29 is 14.3 Å². The van der Waals surface area contributed by atoms with Crippen LogP contribution in [-0.2, 0) is 24.2 Å². The lowest BCUT2D eigenvalue weighted by Crippen LogP contribution is -2.35. The lowest BCUT2D eigenvalue weighted by molar-refractivity contribution is -0.121. The molecule has 0 saturated heterocycles. The van der Waals surface area contributed by atoms with E-state index in [2.05, 4.69) is 15.4 Å². The fourth-order valence-corrected chi connectivity index (χ4v) is 3.81. The smallest absolute Gasteiger partial charge is 0.275 e. The molecule has 2 heterocycles. The first-order chi connectivity index (χ1) is 16.6. The highest BCUT2D eigenvalue weighted by molar-refractivity contribution is 5.84. The summed E-state index contributed by atoms with van der Waals surface area (Å²) in [7, 11) is 3.17. The van der Waals surface area contributed by atoms with E-state index in [0.717, 1.165) is 22.2 Å². The number of carbonyl (C=O) groups excluding carboxylic acids is 1. The van der Waals surface area contributed by atoms with Gasteiger partial charge in [0.05, 0.1) is 25.3 Å². The van der Waals surface area contributed by atoms with Crippen molar-refractivity contribution in [3.63, 3.8) is 0 Å². The molecule has 4 rings (SSSR count). The van der Waals surface area contributed by atoms with Crippen molar-refractivity contribution in [1.82, 2.24) is 20.1 Å². The second-order valence-corrected chi connectivity index (χ2v) is 7.78. The number of carbonyl (C=O) groups is 1. The van der Waals surface area contributed by atoms with Crippen molar-refractivity contribution in [2.45, 2.75) is 19.4 Å². The van der Waals surface area contributed by atoms with Crippen LogP contribution in [0.5, 0.6) is 11.5 Å². The minimum atomic E-state index is -0.291. The molecular weight excluding hydrogens is 432 g/mol. The molecule has 0 unspecified atom stereocenters. The van der Waals surface area contributed by atoms with Crippen molar-refractivity contribution in [2.75, 3.05) is 20.8 Å². The first kappa shape index (κ1) is 23.0. The average Bonchev–Trinajstić information content (AvgIpc) is 2.87. The van der Waals surface area contributed by atoms with Crippen LogP contribution < -0.4 is 20.3 Å². The third-order valence-electron chi connectivity index (χ3n) is 5.52. The number of aromatic nitrogens is 3. The van der Waals surface area contributed by atoms with E-state index in [9.17, 15) is 9.59 Å². The molecule has 0 radical (unpaired) electrons. The summed E-state index contributed by atoms with van der Waals surface area (Å²) >= 11 is 0. The number of hydrogen-bond donors (Lipinski definition) is 1. The Kier molecular flexibility index (Phi) is 7.17. The molecule has 0 spiro atoms. The maximum absolute atomic E-state index is 13.0. The maximum atomic E-state index is 13.0. The van der Waals surface area contributed by atoms with E-state index in [1.807, 2.05) is 48.5 Å². The Balaban J connectivity index is 1.47. The molecule has 1 amide bonds. The highest BCUT2D eigenvalue weighted by atomic mass is 16.5. The molecule has 8 heteroatoms. The number of rotatable bonds is 9. The predicted molar refractivity (Wildman–Crippen MR) is 129 cm³/mol. The number of nitrogens with zero attached hydrogens (tertiary/aromatic N) is 3. The Hall–Kier alpha value is -4.20. The van der Waals surface area contributed by atoms with Crippen LogP contribution in [0.15, 0.2) is 71.8 Å². The molecular formula is C26H26N4O4. The fourth-order valence-electron chi connectivity index (χ4n) is 3.81. The topological polar surface area (TPSA) is 95.3 Å². The van der Waals surface area contributed by atoms with Crippen LogP contribution >= 0.6 is 0 Å². The van der Waals surface area contributed by atoms with E-state index < -0.39 is 0 Å². The lowest BCUT2D eigenvalue weighted by atomic mass is 10.1. The summed E-state index contributed by atoms with van der Waals surface area (Å²) in [5.74, 6) is 1.01. The molecule has 34 heavy (non-hydrogen) atoms. The van der Waals surface area contributed by atoms with Crippen molar-refractivity contribution in [1.29, 1.82) is 0 Å². The molecule has 1 N–H and O–H groups in total. The Morgan fingerprint density at radius 1 is 0.971 bits per heavy atom. The average molecular weight is 459 g/mol. The lowest BCUT2D eigenvalue weighted by Gasteiger charge is -2.12. The van der Waals surface area contributed by atoms with Crippen LogP contribution in [0.1, 0.15) is 16.8 Å². The van der Waals surface area contributed by atoms with E-state index in [4.69, 9.17) is 9.47 Å². The zero-order valence-corrected chi connectivity index (χ0v) is 19.2. The van der Waals surface area contributed by atoms with Crippen molar-refractivity contribution in [3.05, 3.63) is 94.2 Å². The van der Waals surface area contributed by atoms with E-state index in [-0.39, 0.29) is 18.0 Å². The molecule has 0 aliphatic rings. The van der Waals surface area contributed by atoms with Gasteiger partial charge in [-0.15, -0.1) is 0 Å². The van der Waals surface area contributed by atoms with Crippen LogP contribution in [0.4, 0.5) is 0 Å². The van der Waals surface area contributed by atoms with Crippen molar-refractivity contribution in [3.8, 4) is 11.5 Å². The van der Waals surface area contributed by atoms with Gasteiger partial charge in [-0.3, -0.25) is 14.6 Å². The third-order valence-corrected chi connectivity index (χ3v) is 5.52. The molecule has 2 aromatic carbocycles. The first-order valence-electron chi connectivity index (χ1n) is 10.9. The number of fused-ring (bicyclic) bond motifs is 1. The van der Waals surface area contributed by atoms with E-state index in [1.165, 1.54) is 4.68 Å². The van der Waals surface area contributed by atoms with Gasteiger partial charge in [0.2, 0.25) is 5.91 Å². The Bertz CT molecular complexity index is 1350. The Morgan fingerprint density at radius 2 is 1.76 bits per heavy atom. The molecule has 0 atom stereocenters. The van der Waals surface area contributed by atoms with Gasteiger partial charge in [0.1, 0.15) is 6.54 Å². The standard InChI is InChI=1S/C26H26N4O4/c1-33-23-10-9-18(15-24(23)34-2)11-13-28-25(31)17-30-26(32)21-8-4-3-7-20(21)22(29-30)14-19-6-5-12-27-16-19/h3-10,12,15-16H,11,13-14,17H2,1-2H3,(H,28,31). The Morgan fingerprint density at radius 3 is 2.50 bits per heavy atom. The molecule has 0 aliphatic carbocycles. The second kappa shape index (κ2) is 10.6. The summed E-state index contributed by atoms with van der Waals surface area (Å²) in [5, 5.41) is 8.71. The third kappa shape index (κ3) is 5.23. The number of methoxy groups -OCH3 is 2. The largest absolute Gasteiger partial charge is 0.493 e. The van der Waals surface area contributed by atoms with Crippen LogP contribution in [-0.4, -0.2) is 41.4 Å². The first-order valence-corrected chi connectivity index (χ1v) is 10.9. The summed E-state index contributed by atoms with van der Waals surface area (Å²) in [6.45, 7) is 0.259. The zero-order chi connectivity index (χ0) is 23.9. The summed E-state index contributed by atoms with van der Waals surface area (Å²) in [6.07, 6.45) is 4.60. The van der Waals surface area contributed by atoms with Gasteiger partial charge in [0.25, 0.3) is 5.56 Å². The minimum Gasteiger partial charge on any atom is -0.493 e. The molecule has 0 saturated carbocycles. The van der Waals surface area contributed by atoms with Gasteiger partial charge in [-0.25, -0.2) is 4.68 Å². The summed E-state index contributed by atoms with van der Waals surface area (Å²) in [5.41, 5.74) is 2.41. The highest BCUT2D eigenvalue weighted by Crippen LogP contribution is 2.27. The number of ether oxygens (including phenoxy) is 2. The molecule has 2 aromatic heterocycles. The van der Waals surface area contributed by atoms with Gasteiger partial charge >= 0.3 is 0 Å². The van der Waals surface area contributed by atoms with Crippen LogP contribution in [0.25, 0.3) is 10.8 Å². The molecule has 0 bridgehead atoms. The number of nitrogens with one attached hydrogen (secondary N) is 1. The van der Waals surface area contributed by atoms with Crippen LogP contribution in [0.3, 0.4) is 0 Å². The molecule has 4 aromatic rings. The summed E-state index contributed by atoms with van der Waals surface area (Å²) < 4.78 is 11.8. The van der Waals surface area contributed by atoms with Crippen LogP contribution in [0.2, 0.25) is 0 Å². The summed E-state index contributed by atoms with van der Waals surface area (Å²) in [4.78, 5) is 29.7. The molecule has 0 fully saturated rings. The number of pyridine rings is 1. The summed E-state index contributed by atoms with van der Waals surface area (Å²) in [6, 6.07) is 16.8. The number of benzene rings is 2. The van der Waals surface area contributed by atoms with Gasteiger partial charge in [-0.1, -0.05) is 30.3 Å². The van der Waals surface area contributed by atoms with Gasteiger partial charge in [0.15, 0.2) is 11.5 Å². The van der Waals surface area contributed by atoms with Crippen LogP contribution in [0, 0.1) is 0 Å².